The number of hydrogen-bond acceptors (Lipinski definition) is 3. The number of nitrogens with one attached hydrogen (secondary N) is 1. The largest absolute Gasteiger partial charge is 0.444 e. The van der Waals surface area contributed by atoms with Gasteiger partial charge in [-0.15, -0.1) is 0 Å². The zero-order chi connectivity index (χ0) is 16.9. The highest BCUT2D eigenvalue weighted by Crippen LogP contribution is 2.27. The highest BCUT2D eigenvalue weighted by Gasteiger charge is 2.28. The third-order valence-corrected chi connectivity index (χ3v) is 5.37. The molecule has 4 heteroatoms. The molecule has 1 heterocycles. The van der Waals surface area contributed by atoms with Crippen molar-refractivity contribution in [2.24, 2.45) is 11.8 Å². The van der Waals surface area contributed by atoms with Crippen molar-refractivity contribution in [1.29, 1.82) is 0 Å². The fraction of sp³-hybridized carbons (Fsp3) is 0.947. The van der Waals surface area contributed by atoms with E-state index in [1.807, 2.05) is 25.7 Å². The molecule has 2 aliphatic rings. The average Bonchev–Trinajstić information content (AvgIpc) is 2.52. The van der Waals surface area contributed by atoms with E-state index in [0.29, 0.717) is 5.92 Å². The van der Waals surface area contributed by atoms with E-state index in [9.17, 15) is 4.79 Å². The molecule has 2 atom stereocenters. The lowest BCUT2D eigenvalue weighted by molar-refractivity contribution is 0.0182. The van der Waals surface area contributed by atoms with Crippen LogP contribution in [0.3, 0.4) is 0 Å². The van der Waals surface area contributed by atoms with Crippen LogP contribution in [0.2, 0.25) is 0 Å². The van der Waals surface area contributed by atoms with Crippen molar-refractivity contribution in [3.05, 3.63) is 0 Å². The number of likely N-dealkylation sites (tertiary alicyclic amines) is 1. The molecule has 0 radical (unpaired) electrons. The Hall–Kier alpha value is -0.770. The van der Waals surface area contributed by atoms with E-state index in [2.05, 4.69) is 12.2 Å². The molecule has 1 saturated heterocycles. The topological polar surface area (TPSA) is 41.6 Å². The Morgan fingerprint density at radius 2 is 1.78 bits per heavy atom. The third-order valence-electron chi connectivity index (χ3n) is 5.37. The van der Waals surface area contributed by atoms with Gasteiger partial charge in [0.1, 0.15) is 5.60 Å². The first-order valence-corrected chi connectivity index (χ1v) is 9.60. The lowest BCUT2D eigenvalue weighted by atomic mass is 9.82. The summed E-state index contributed by atoms with van der Waals surface area (Å²) in [7, 11) is 0. The number of rotatable bonds is 4. The predicted molar refractivity (Wildman–Crippen MR) is 94.6 cm³/mol. The number of carbonyl (C=O) groups is 1. The number of nitrogens with zero attached hydrogens (tertiary/aromatic N) is 1. The van der Waals surface area contributed by atoms with Gasteiger partial charge in [-0.05, 0) is 64.8 Å². The molecule has 2 unspecified atom stereocenters. The predicted octanol–water partition coefficient (Wildman–Crippen LogP) is 4.19. The summed E-state index contributed by atoms with van der Waals surface area (Å²) >= 11 is 0. The first-order valence-electron chi connectivity index (χ1n) is 9.60. The molecule has 23 heavy (non-hydrogen) atoms. The van der Waals surface area contributed by atoms with Crippen molar-refractivity contribution < 1.29 is 9.53 Å². The van der Waals surface area contributed by atoms with Crippen LogP contribution in [0, 0.1) is 11.8 Å². The molecule has 0 aromatic rings. The summed E-state index contributed by atoms with van der Waals surface area (Å²) in [6.07, 6.45) is 8.86. The molecule has 1 saturated carbocycles. The first kappa shape index (κ1) is 18.6. The van der Waals surface area contributed by atoms with Crippen molar-refractivity contribution in [3.8, 4) is 0 Å². The Morgan fingerprint density at radius 3 is 2.39 bits per heavy atom. The monoisotopic (exact) mass is 324 g/mol. The Morgan fingerprint density at radius 1 is 1.13 bits per heavy atom. The molecule has 1 aliphatic carbocycles. The van der Waals surface area contributed by atoms with Crippen LogP contribution in [0.4, 0.5) is 4.79 Å². The fourth-order valence-electron chi connectivity index (χ4n) is 3.93. The van der Waals surface area contributed by atoms with Crippen molar-refractivity contribution in [2.45, 2.75) is 84.3 Å². The van der Waals surface area contributed by atoms with Gasteiger partial charge in [-0.3, -0.25) is 0 Å². The van der Waals surface area contributed by atoms with Crippen molar-refractivity contribution in [1.82, 2.24) is 10.2 Å². The Labute approximate surface area is 142 Å². The molecule has 2 fully saturated rings. The fourth-order valence-corrected chi connectivity index (χ4v) is 3.93. The molecule has 2 rings (SSSR count). The van der Waals surface area contributed by atoms with Crippen molar-refractivity contribution >= 4 is 6.09 Å². The second kappa shape index (κ2) is 8.36. The third kappa shape index (κ3) is 5.98. The van der Waals surface area contributed by atoms with Crippen LogP contribution in [0.5, 0.6) is 0 Å². The molecule has 1 aliphatic heterocycles. The van der Waals surface area contributed by atoms with E-state index >= 15 is 0 Å². The Balaban J connectivity index is 1.69. The molecule has 1 N–H and O–H groups in total. The molecule has 4 nitrogen and oxygen atoms in total. The maximum atomic E-state index is 12.1. The maximum Gasteiger partial charge on any atom is 0.410 e. The molecule has 0 spiro atoms. The number of piperidine rings is 1. The molecule has 134 valence electrons. The van der Waals surface area contributed by atoms with Gasteiger partial charge >= 0.3 is 6.09 Å². The zero-order valence-electron chi connectivity index (χ0n) is 15.6. The molecular weight excluding hydrogens is 288 g/mol. The number of ether oxygens (including phenoxy) is 1. The quantitative estimate of drug-likeness (QED) is 0.843. The summed E-state index contributed by atoms with van der Waals surface area (Å²) in [5, 5.41) is 3.84. The number of amides is 1. The second-order valence-electron chi connectivity index (χ2n) is 8.38. The number of carbonyl (C=O) groups excluding carboxylic acids is 1. The van der Waals surface area contributed by atoms with Crippen molar-refractivity contribution in [3.63, 3.8) is 0 Å². The van der Waals surface area contributed by atoms with Crippen LogP contribution in [0.1, 0.15) is 72.6 Å². The average molecular weight is 325 g/mol. The summed E-state index contributed by atoms with van der Waals surface area (Å²) in [6.45, 7) is 10.9. The van der Waals surface area contributed by atoms with Gasteiger partial charge in [0.25, 0.3) is 0 Å². The minimum atomic E-state index is -0.397. The van der Waals surface area contributed by atoms with E-state index in [1.54, 1.807) is 0 Å². The van der Waals surface area contributed by atoms with Crippen LogP contribution in [0.15, 0.2) is 0 Å². The Kier molecular flexibility index (Phi) is 6.75. The molecular formula is C19H36N2O2. The number of hydrogen-bond donors (Lipinski definition) is 1. The maximum absolute atomic E-state index is 12.1. The minimum Gasteiger partial charge on any atom is -0.444 e. The van der Waals surface area contributed by atoms with Gasteiger partial charge in [0, 0.05) is 19.1 Å². The van der Waals surface area contributed by atoms with Gasteiger partial charge in [-0.1, -0.05) is 26.2 Å². The summed E-state index contributed by atoms with van der Waals surface area (Å²) in [4.78, 5) is 14.0. The summed E-state index contributed by atoms with van der Waals surface area (Å²) < 4.78 is 5.47. The molecule has 0 aromatic heterocycles. The highest BCUT2D eigenvalue weighted by atomic mass is 16.6. The van der Waals surface area contributed by atoms with Crippen LogP contribution in [-0.2, 0) is 4.74 Å². The summed E-state index contributed by atoms with van der Waals surface area (Å²) in [5.41, 5.74) is -0.397. The lowest BCUT2D eigenvalue weighted by Gasteiger charge is -2.36. The standard InChI is InChI=1S/C19H36N2O2/c1-5-16-8-6-7-9-17(16)20-14-15-10-12-21(13-11-15)18(22)23-19(2,3)4/h15-17,20H,5-14H2,1-4H3. The Bertz CT molecular complexity index is 370. The zero-order valence-corrected chi connectivity index (χ0v) is 15.6. The van der Waals surface area contributed by atoms with Gasteiger partial charge < -0.3 is 15.0 Å². The SMILES string of the molecule is CCC1CCCCC1NCC1CCN(C(=O)OC(C)(C)C)CC1. The van der Waals surface area contributed by atoms with Gasteiger partial charge in [-0.25, -0.2) is 4.79 Å². The second-order valence-corrected chi connectivity index (χ2v) is 8.38. The van der Waals surface area contributed by atoms with Crippen molar-refractivity contribution in [2.75, 3.05) is 19.6 Å². The van der Waals surface area contributed by atoms with Gasteiger partial charge in [0.05, 0.1) is 0 Å². The van der Waals surface area contributed by atoms with Crippen LogP contribution in [-0.4, -0.2) is 42.3 Å². The van der Waals surface area contributed by atoms with Gasteiger partial charge in [0.15, 0.2) is 0 Å². The van der Waals surface area contributed by atoms with E-state index in [1.165, 1.54) is 32.1 Å². The van der Waals surface area contributed by atoms with Crippen LogP contribution < -0.4 is 5.32 Å². The van der Waals surface area contributed by atoms with E-state index in [-0.39, 0.29) is 6.09 Å². The highest BCUT2D eigenvalue weighted by molar-refractivity contribution is 5.68. The van der Waals surface area contributed by atoms with Crippen LogP contribution in [0.25, 0.3) is 0 Å². The molecule has 0 aromatic carbocycles. The lowest BCUT2D eigenvalue weighted by Crippen LogP contribution is -2.45. The van der Waals surface area contributed by atoms with Crippen LogP contribution >= 0.6 is 0 Å². The summed E-state index contributed by atoms with van der Waals surface area (Å²) in [6, 6.07) is 0.720. The first-order chi connectivity index (χ1) is 10.9. The molecule has 0 bridgehead atoms. The van der Waals surface area contributed by atoms with E-state index in [0.717, 1.165) is 44.4 Å². The van der Waals surface area contributed by atoms with Gasteiger partial charge in [0.2, 0.25) is 0 Å². The van der Waals surface area contributed by atoms with E-state index in [4.69, 9.17) is 4.74 Å². The normalized spacial score (nSPS) is 27.0. The minimum absolute atomic E-state index is 0.151. The smallest absolute Gasteiger partial charge is 0.410 e. The van der Waals surface area contributed by atoms with E-state index < -0.39 is 5.60 Å². The molecule has 1 amide bonds. The summed E-state index contributed by atoms with van der Waals surface area (Å²) in [5.74, 6) is 1.57. The van der Waals surface area contributed by atoms with Gasteiger partial charge in [-0.2, -0.15) is 0 Å².